The molecular weight excluding hydrogens is 1330 g/mol. The van der Waals surface area contributed by atoms with Crippen LogP contribution in [0.3, 0.4) is 0 Å². The van der Waals surface area contributed by atoms with Crippen molar-refractivity contribution in [2.75, 3.05) is 0 Å². The Morgan fingerprint density at radius 1 is 0.173 bits per heavy atom. The molecule has 0 radical (unpaired) electrons. The Labute approximate surface area is 638 Å². The summed E-state index contributed by atoms with van der Waals surface area (Å²) in [4.78, 5) is 32.8. The van der Waals surface area contributed by atoms with Crippen LogP contribution in [-0.2, 0) is 10.8 Å². The van der Waals surface area contributed by atoms with E-state index in [2.05, 4.69) is 380 Å². The van der Waals surface area contributed by atoms with Crippen LogP contribution in [0.25, 0.3) is 200 Å². The zero-order chi connectivity index (χ0) is 73.3. The van der Waals surface area contributed by atoms with Crippen LogP contribution in [0.5, 0.6) is 0 Å². The Morgan fingerprint density at radius 2 is 0.509 bits per heavy atom. The third-order valence-corrected chi connectivity index (χ3v) is 23.2. The molecule has 4 aromatic heterocycles. The van der Waals surface area contributed by atoms with E-state index in [0.29, 0.717) is 11.6 Å². The lowest BCUT2D eigenvalue weighted by Crippen LogP contribution is -2.15. The van der Waals surface area contributed by atoms with Crippen LogP contribution in [-0.4, -0.2) is 29.9 Å². The molecule has 0 fully saturated rings. The van der Waals surface area contributed by atoms with Gasteiger partial charge in [0, 0.05) is 66.1 Å². The van der Waals surface area contributed by atoms with Crippen LogP contribution in [0.1, 0.15) is 49.9 Å². The van der Waals surface area contributed by atoms with Gasteiger partial charge in [-0.25, -0.2) is 29.9 Å². The topological polar surface area (TPSA) is 77.3 Å². The minimum Gasteiger partial charge on any atom is -0.248 e. The minimum absolute atomic E-state index is 0.169. The third kappa shape index (κ3) is 11.0. The van der Waals surface area contributed by atoms with Gasteiger partial charge < -0.3 is 0 Å². The van der Waals surface area contributed by atoms with E-state index in [1.807, 2.05) is 0 Å². The fourth-order valence-electron chi connectivity index (χ4n) is 17.3. The van der Waals surface area contributed by atoms with Crippen molar-refractivity contribution in [3.8, 4) is 146 Å². The summed E-state index contributed by atoms with van der Waals surface area (Å²) < 4.78 is 0. The van der Waals surface area contributed by atoms with Crippen molar-refractivity contribution < 1.29 is 0 Å². The molecule has 0 saturated heterocycles. The molecule has 0 N–H and O–H groups in total. The summed E-state index contributed by atoms with van der Waals surface area (Å²) in [6.07, 6.45) is 0. The highest BCUT2D eigenvalue weighted by Gasteiger charge is 2.38. The van der Waals surface area contributed by atoms with Gasteiger partial charge in [0.1, 0.15) is 0 Å². The number of benzene rings is 15. The second-order valence-corrected chi connectivity index (χ2v) is 30.6. The van der Waals surface area contributed by atoms with Crippen molar-refractivity contribution >= 4 is 54.1 Å². The van der Waals surface area contributed by atoms with Crippen LogP contribution < -0.4 is 0 Å². The van der Waals surface area contributed by atoms with E-state index < -0.39 is 0 Å². The number of pyridine rings is 2. The lowest BCUT2D eigenvalue weighted by Gasteiger charge is -2.22. The Morgan fingerprint density at radius 3 is 0.982 bits per heavy atom. The first-order valence-corrected chi connectivity index (χ1v) is 37.8. The fraction of sp³-hybridized carbons (Fsp3) is 0.0577. The summed E-state index contributed by atoms with van der Waals surface area (Å²) in [5, 5.41) is 9.27. The second-order valence-electron chi connectivity index (χ2n) is 30.6. The molecule has 19 aromatic rings. The van der Waals surface area contributed by atoms with Crippen molar-refractivity contribution in [2.24, 2.45) is 0 Å². The molecule has 2 aliphatic rings. The van der Waals surface area contributed by atoms with Crippen molar-refractivity contribution in [1.82, 2.24) is 29.9 Å². The molecule has 110 heavy (non-hydrogen) atoms. The molecule has 0 spiro atoms. The van der Waals surface area contributed by atoms with E-state index >= 15 is 0 Å². The SMILES string of the molecule is CC1(C)c2ccccc2-c2cc3c(-c4ccccc4)cc(-c4cccc(-c5nc(-c6ccc(-c7ccc8c(c7)C(C)(C)c7cc9nc(-c%10cccc(-c%11nc(-c%12ccc%13ccccc%13c%12)cc(-c%12ccc%13ccccc%13c%12)n%11)c%10)cc(-c%10ccccc%10)c9cc7-8)cc6)cc(-c6ccc7ccccc7c6)n5)c4)nc3cc21. The van der Waals surface area contributed by atoms with Gasteiger partial charge in [-0.15, -0.1) is 0 Å². The number of hydrogen-bond acceptors (Lipinski definition) is 6. The first kappa shape index (κ1) is 64.4. The lowest BCUT2D eigenvalue weighted by atomic mass is 9.81. The quantitative estimate of drug-likeness (QED) is 0.128. The molecule has 0 aliphatic heterocycles. The Hall–Kier alpha value is -13.9. The molecule has 2 aliphatic carbocycles. The predicted molar refractivity (Wildman–Crippen MR) is 456 cm³/mol. The zero-order valence-electron chi connectivity index (χ0n) is 61.2. The Bertz CT molecular complexity index is 6920. The average molecular weight is 1400 g/mol. The van der Waals surface area contributed by atoms with Crippen molar-refractivity contribution in [2.45, 2.75) is 38.5 Å². The molecule has 0 amide bonds. The molecule has 0 saturated carbocycles. The van der Waals surface area contributed by atoms with Crippen LogP contribution >= 0.6 is 0 Å². The van der Waals surface area contributed by atoms with Gasteiger partial charge in [0.2, 0.25) is 0 Å². The number of aromatic nitrogens is 6. The van der Waals surface area contributed by atoms with E-state index in [9.17, 15) is 0 Å². The molecule has 6 nitrogen and oxygen atoms in total. The van der Waals surface area contributed by atoms with Gasteiger partial charge in [-0.05, 0) is 195 Å². The molecule has 4 heterocycles. The maximum Gasteiger partial charge on any atom is 0.160 e. The average Bonchev–Trinajstić information content (AvgIpc) is 1.58. The van der Waals surface area contributed by atoms with E-state index in [-0.39, 0.29) is 10.8 Å². The normalized spacial score (nSPS) is 13.1. The summed E-state index contributed by atoms with van der Waals surface area (Å²) >= 11 is 0. The van der Waals surface area contributed by atoms with E-state index in [0.717, 1.165) is 150 Å². The number of nitrogens with zero attached hydrogens (tertiary/aromatic N) is 6. The number of hydrogen-bond donors (Lipinski definition) is 0. The van der Waals surface area contributed by atoms with Gasteiger partial charge in [-0.3, -0.25) is 0 Å². The summed E-state index contributed by atoms with van der Waals surface area (Å²) in [6, 6.07) is 127. The van der Waals surface area contributed by atoms with Crippen molar-refractivity contribution in [3.05, 3.63) is 374 Å². The van der Waals surface area contributed by atoms with Gasteiger partial charge in [-0.2, -0.15) is 0 Å². The molecular formula is C104H70N6. The summed E-state index contributed by atoms with van der Waals surface area (Å²) in [7, 11) is 0. The summed E-state index contributed by atoms with van der Waals surface area (Å²) in [5.74, 6) is 1.29. The highest BCUT2D eigenvalue weighted by atomic mass is 14.9. The van der Waals surface area contributed by atoms with E-state index in [4.69, 9.17) is 29.9 Å². The molecule has 15 aromatic carbocycles. The van der Waals surface area contributed by atoms with Gasteiger partial charge in [-0.1, -0.05) is 295 Å². The molecule has 6 heteroatoms. The van der Waals surface area contributed by atoms with Crippen LogP contribution in [0.4, 0.5) is 0 Å². The van der Waals surface area contributed by atoms with Crippen molar-refractivity contribution in [1.29, 1.82) is 0 Å². The van der Waals surface area contributed by atoms with E-state index in [1.54, 1.807) is 0 Å². The third-order valence-electron chi connectivity index (χ3n) is 23.2. The minimum atomic E-state index is -0.345. The van der Waals surface area contributed by atoms with Gasteiger partial charge in [0.05, 0.1) is 45.2 Å². The smallest absolute Gasteiger partial charge is 0.160 e. The first-order chi connectivity index (χ1) is 53.9. The lowest BCUT2D eigenvalue weighted by molar-refractivity contribution is 0.661. The van der Waals surface area contributed by atoms with Gasteiger partial charge in [0.25, 0.3) is 0 Å². The fourth-order valence-corrected chi connectivity index (χ4v) is 17.3. The van der Waals surface area contributed by atoms with E-state index in [1.165, 1.54) is 60.7 Å². The monoisotopic (exact) mass is 1400 g/mol. The van der Waals surface area contributed by atoms with Crippen molar-refractivity contribution in [3.63, 3.8) is 0 Å². The van der Waals surface area contributed by atoms with Crippen LogP contribution in [0.2, 0.25) is 0 Å². The highest BCUT2D eigenvalue weighted by molar-refractivity contribution is 6.04. The number of rotatable bonds is 11. The molecule has 0 bridgehead atoms. The Balaban J connectivity index is 0.625. The largest absolute Gasteiger partial charge is 0.248 e. The Kier molecular flexibility index (Phi) is 14.9. The van der Waals surface area contributed by atoms with Crippen LogP contribution in [0.15, 0.2) is 352 Å². The molecule has 21 rings (SSSR count). The number of fused-ring (bicyclic) bond motifs is 11. The summed E-state index contributed by atoms with van der Waals surface area (Å²) in [6.45, 7) is 9.39. The molecule has 0 unspecified atom stereocenters. The highest BCUT2D eigenvalue weighted by Crippen LogP contribution is 2.54. The standard InChI is InChI=1S/C104H70N6/c1-103(2)89-36-18-17-35-81(89)85-55-87-83(67-24-7-5-8-25-67)57-93(105-99(87)59-91(85)103)74-31-19-33-79(52-74)101-107-95(61-96(108-101)76-44-39-63-21-11-14-28-70(63)49-76)69-42-37-66(38-43-69)73-47-48-82-86-56-88-84(68-26-9-6-10-27-68)58-94(106-100(88)60-92(86)104(3,4)90(82)54-73)75-32-20-34-80(53-75)102-109-97(77-45-40-64-22-12-15-29-71(64)50-77)62-98(110-102)78-46-41-65-23-13-16-30-72(65)51-78/h5-62H,1-4H3. The van der Waals surface area contributed by atoms with Gasteiger partial charge >= 0.3 is 0 Å². The van der Waals surface area contributed by atoms with Gasteiger partial charge in [0.15, 0.2) is 11.6 Å². The zero-order valence-corrected chi connectivity index (χ0v) is 61.2. The molecule has 0 atom stereocenters. The summed E-state index contributed by atoms with van der Waals surface area (Å²) in [5.41, 5.74) is 31.5. The van der Waals surface area contributed by atoms with Crippen LogP contribution in [0, 0.1) is 0 Å². The first-order valence-electron chi connectivity index (χ1n) is 37.8. The maximum atomic E-state index is 5.62. The predicted octanol–water partition coefficient (Wildman–Crippen LogP) is 26.8. The molecule has 516 valence electrons. The second kappa shape index (κ2) is 25.4. The maximum absolute atomic E-state index is 5.62.